The van der Waals surface area contributed by atoms with Gasteiger partial charge in [0.05, 0.1) is 0 Å². The van der Waals surface area contributed by atoms with Crippen molar-refractivity contribution in [2.75, 3.05) is 0 Å². The molecule has 1 rings (SSSR count). The van der Waals surface area contributed by atoms with E-state index in [4.69, 9.17) is 0 Å². The highest BCUT2D eigenvalue weighted by Crippen LogP contribution is 2.56. The summed E-state index contributed by atoms with van der Waals surface area (Å²) in [6.45, 7) is 51.7. The predicted molar refractivity (Wildman–Crippen MR) is 190 cm³/mol. The molecule has 196 valence electrons. The molecule has 0 aromatic rings. The largest absolute Gasteiger partial charge is 0.148 e. The van der Waals surface area contributed by atoms with E-state index in [0.29, 0.717) is 0 Å². The zero-order chi connectivity index (χ0) is 27.8. The highest BCUT2D eigenvalue weighted by atomic mass is 30.4. The van der Waals surface area contributed by atoms with E-state index in [1.165, 1.54) is 0 Å². The minimum atomic E-state index is -1.75. The van der Waals surface area contributed by atoms with Crippen molar-refractivity contribution >= 4 is 73.0 Å². The summed E-state index contributed by atoms with van der Waals surface area (Å²) >= 11 is 0. The van der Waals surface area contributed by atoms with E-state index >= 15 is 0 Å². The average Bonchev–Trinajstić information content (AvgIpc) is 2.48. The second-order valence-electron chi connectivity index (χ2n) is 17.5. The highest BCUT2D eigenvalue weighted by molar-refractivity contribution is 8.26. The monoisotopic (exact) mass is 628 g/mol. The van der Waals surface area contributed by atoms with Crippen LogP contribution >= 0.6 is 0 Å². The average molecular weight is 630 g/mol. The molecule has 10 heteroatoms. The Morgan fingerprint density at radius 2 is 0.529 bits per heavy atom. The molecule has 0 amide bonds. The molecule has 1 aliphatic rings. The third-order valence-electron chi connectivity index (χ3n) is 10.4. The van der Waals surface area contributed by atoms with Crippen molar-refractivity contribution in [2.45, 2.75) is 131 Å². The van der Waals surface area contributed by atoms with Gasteiger partial charge in [-0.3, -0.25) is 0 Å². The van der Waals surface area contributed by atoms with Crippen LogP contribution in [0.25, 0.3) is 0 Å². The first-order valence-electron chi connectivity index (χ1n) is 13.5. The van der Waals surface area contributed by atoms with Gasteiger partial charge in [0, 0.05) is 43.6 Å². The maximum absolute atomic E-state index is 4.57. The van der Waals surface area contributed by atoms with Gasteiger partial charge in [0.25, 0.3) is 0 Å². The fourth-order valence-corrected chi connectivity index (χ4v) is 410. The van der Waals surface area contributed by atoms with Crippen LogP contribution in [0, 0.1) is 22.2 Å². The summed E-state index contributed by atoms with van der Waals surface area (Å²) in [5.41, 5.74) is 17.4. The van der Waals surface area contributed by atoms with E-state index in [0.717, 1.165) is 0 Å². The molecule has 0 radical (unpaired) electrons. The Morgan fingerprint density at radius 1 is 0.353 bits per heavy atom. The molecule has 0 saturated carbocycles. The van der Waals surface area contributed by atoms with E-state index in [2.05, 4.69) is 153 Å². The molecule has 0 bridgehead atoms. The first-order valence-corrected chi connectivity index (χ1v) is 51.5. The Balaban J connectivity index is 4.55. The Kier molecular flexibility index (Phi) is 8.73. The van der Waals surface area contributed by atoms with Crippen LogP contribution in [0.5, 0.6) is 0 Å². The molecule has 0 unspecified atom stereocenters. The van der Waals surface area contributed by atoms with Gasteiger partial charge in [-0.15, -0.1) is 22.2 Å². The molecule has 0 atom stereocenters. The molecule has 0 aliphatic carbocycles. The molecular weight excluding hydrogens is 569 g/mol. The van der Waals surface area contributed by atoms with Gasteiger partial charge in [0.2, 0.25) is 0 Å². The zero-order valence-electron chi connectivity index (χ0n) is 27.0. The SMILES string of the molecule is C[Si](C)(C)C#C[Si]1([Si](C)(C)C)[Si](C)(C)[Si](C)(C)[Si](C#C[Si](C)(C)C)([Si](C)(C)C)[Si](C)(C)[Si]1(C)C. The first kappa shape index (κ1) is 33.3. The van der Waals surface area contributed by atoms with Crippen LogP contribution in [0.15, 0.2) is 0 Å². The molecule has 1 fully saturated rings. The molecule has 0 spiro atoms. The Bertz CT molecular complexity index is 818. The fraction of sp³-hybridized carbons (Fsp3) is 0.833. The summed E-state index contributed by atoms with van der Waals surface area (Å²) in [5.74, 6) is 0. The lowest BCUT2D eigenvalue weighted by atomic mass is 11.4. The second-order valence-corrected chi connectivity index (χ2v) is 120. The Morgan fingerprint density at radius 3 is 0.647 bits per heavy atom. The van der Waals surface area contributed by atoms with Gasteiger partial charge in [0.1, 0.15) is 29.4 Å². The van der Waals surface area contributed by atoms with E-state index < -0.39 is 73.0 Å². The van der Waals surface area contributed by atoms with Crippen molar-refractivity contribution in [1.82, 2.24) is 0 Å². The topological polar surface area (TPSA) is 0 Å². The first-order chi connectivity index (χ1) is 14.4. The maximum Gasteiger partial charge on any atom is 0.128 e. The molecule has 0 aromatic carbocycles. The second kappa shape index (κ2) is 8.91. The lowest BCUT2D eigenvalue weighted by Gasteiger charge is -2.76. The fourth-order valence-electron chi connectivity index (χ4n) is 8.75. The van der Waals surface area contributed by atoms with Crippen molar-refractivity contribution in [3.8, 4) is 22.2 Å². The highest BCUT2D eigenvalue weighted by Gasteiger charge is 2.85. The van der Waals surface area contributed by atoms with E-state index in [9.17, 15) is 0 Å². The lowest BCUT2D eigenvalue weighted by molar-refractivity contribution is 1.75. The van der Waals surface area contributed by atoms with Gasteiger partial charge in [-0.2, -0.15) is 0 Å². The number of hydrogen-bond donors (Lipinski definition) is 0. The third-order valence-corrected chi connectivity index (χ3v) is 219. The molecule has 1 aliphatic heterocycles. The smallest absolute Gasteiger partial charge is 0.128 e. The summed E-state index contributed by atoms with van der Waals surface area (Å²) in [6, 6.07) is 0. The zero-order valence-corrected chi connectivity index (χ0v) is 37.0. The van der Waals surface area contributed by atoms with Crippen LogP contribution in [0.1, 0.15) is 0 Å². The van der Waals surface area contributed by atoms with Crippen molar-refractivity contribution in [1.29, 1.82) is 0 Å². The van der Waals surface area contributed by atoms with Gasteiger partial charge < -0.3 is 0 Å². The van der Waals surface area contributed by atoms with E-state index in [-0.39, 0.29) is 0 Å². The van der Waals surface area contributed by atoms with Crippen molar-refractivity contribution in [2.24, 2.45) is 0 Å². The molecule has 0 nitrogen and oxygen atoms in total. The number of rotatable bonds is 2. The van der Waals surface area contributed by atoms with Crippen LogP contribution in [0.3, 0.4) is 0 Å². The van der Waals surface area contributed by atoms with Crippen LogP contribution in [-0.4, -0.2) is 73.0 Å². The molecular formula is C24H60Si10. The molecule has 34 heavy (non-hydrogen) atoms. The van der Waals surface area contributed by atoms with Crippen LogP contribution in [0.2, 0.25) is 131 Å². The van der Waals surface area contributed by atoms with Crippen molar-refractivity contribution < 1.29 is 0 Å². The van der Waals surface area contributed by atoms with Crippen LogP contribution in [0.4, 0.5) is 0 Å². The molecule has 0 aromatic heterocycles. The maximum atomic E-state index is 4.57. The molecule has 1 saturated heterocycles. The summed E-state index contributed by atoms with van der Waals surface area (Å²) in [5, 5.41) is 0. The minimum Gasteiger partial charge on any atom is -0.148 e. The third kappa shape index (κ3) is 4.55. The molecule has 1 heterocycles. The normalized spacial score (nSPS) is 30.5. The van der Waals surface area contributed by atoms with E-state index in [1.807, 2.05) is 0 Å². The standard InChI is InChI=1S/C24H60Si10/c1-25(2,3)21-23-33(27(7,8)9)29(13,14)31(17,18)34(28(10,11)12,24-22-26(4,5)6)32(19,20)30(33,15)16/h1-20H3. The van der Waals surface area contributed by atoms with Gasteiger partial charge in [0.15, 0.2) is 0 Å². The van der Waals surface area contributed by atoms with Crippen LogP contribution in [-0.2, 0) is 0 Å². The van der Waals surface area contributed by atoms with Gasteiger partial charge >= 0.3 is 0 Å². The van der Waals surface area contributed by atoms with Gasteiger partial charge in [-0.05, 0) is 0 Å². The quantitative estimate of drug-likeness (QED) is 0.216. The van der Waals surface area contributed by atoms with Gasteiger partial charge in [-0.1, -0.05) is 131 Å². The predicted octanol–water partition coefficient (Wildman–Crippen LogP) is 7.87. The van der Waals surface area contributed by atoms with Gasteiger partial charge in [-0.25, -0.2) is 0 Å². The minimum absolute atomic E-state index is 1.43. The summed E-state index contributed by atoms with van der Waals surface area (Å²) in [7, 11) is -12.2. The lowest BCUT2D eigenvalue weighted by Crippen LogP contribution is -3.09. The van der Waals surface area contributed by atoms with E-state index in [1.54, 1.807) is 0 Å². The van der Waals surface area contributed by atoms with Crippen LogP contribution < -0.4 is 0 Å². The summed E-state index contributed by atoms with van der Waals surface area (Å²) in [4.78, 5) is 0. The van der Waals surface area contributed by atoms with Crippen molar-refractivity contribution in [3.63, 3.8) is 0 Å². The van der Waals surface area contributed by atoms with Crippen molar-refractivity contribution in [3.05, 3.63) is 0 Å². The number of hydrogen-bond acceptors (Lipinski definition) is 0. The Hall–Kier alpha value is 1.29. The summed E-state index contributed by atoms with van der Waals surface area (Å²) in [6.07, 6.45) is 0. The summed E-state index contributed by atoms with van der Waals surface area (Å²) < 4.78 is 0. The Labute approximate surface area is 224 Å². The molecule has 0 N–H and O–H groups in total.